The number of methoxy groups -OCH3 is 5. The lowest BCUT2D eigenvalue weighted by molar-refractivity contribution is -0.203. The highest BCUT2D eigenvalue weighted by Crippen LogP contribution is 2.54. The summed E-state index contributed by atoms with van der Waals surface area (Å²) < 4.78 is 31.7. The van der Waals surface area contributed by atoms with E-state index < -0.39 is 29.4 Å². The molecule has 0 bridgehead atoms. The van der Waals surface area contributed by atoms with Gasteiger partial charge in [0.15, 0.2) is 5.79 Å². The number of carbonyl (C=O) groups is 2. The second kappa shape index (κ2) is 7.25. The molecule has 1 heterocycles. The first-order valence-electron chi connectivity index (χ1n) is 7.72. The number of rotatable bonds is 8. The maximum Gasteiger partial charge on any atom is 0.338 e. The molecule has 0 amide bonds. The Morgan fingerprint density at radius 1 is 1.12 bits per heavy atom. The van der Waals surface area contributed by atoms with E-state index in [4.69, 9.17) is 28.4 Å². The number of hydrogen-bond acceptors (Lipinski definition) is 8. The van der Waals surface area contributed by atoms with Gasteiger partial charge in [-0.25, -0.2) is 9.59 Å². The Hall–Kier alpha value is -1.74. The summed E-state index contributed by atoms with van der Waals surface area (Å²) in [4.78, 5) is 24.5. The highest BCUT2D eigenvalue weighted by molar-refractivity contribution is 6.08. The van der Waals surface area contributed by atoms with Crippen LogP contribution in [0.1, 0.15) is 13.3 Å². The Kier molecular flexibility index (Phi) is 5.68. The van der Waals surface area contributed by atoms with E-state index in [-0.39, 0.29) is 17.8 Å². The summed E-state index contributed by atoms with van der Waals surface area (Å²) in [6, 6.07) is 0. The van der Waals surface area contributed by atoms with Gasteiger partial charge in [-0.1, -0.05) is 0 Å². The van der Waals surface area contributed by atoms with Gasteiger partial charge in [0, 0.05) is 33.3 Å². The summed E-state index contributed by atoms with van der Waals surface area (Å²) in [7, 11) is 7.04. The maximum absolute atomic E-state index is 12.4. The fraction of sp³-hybridized carbons (Fsp3) is 0.647. The highest BCUT2D eigenvalue weighted by atomic mass is 16.7. The van der Waals surface area contributed by atoms with Gasteiger partial charge < -0.3 is 28.4 Å². The number of hydrogen-bond donors (Lipinski definition) is 0. The molecule has 2 atom stereocenters. The van der Waals surface area contributed by atoms with Crippen molar-refractivity contribution < 1.29 is 38.0 Å². The van der Waals surface area contributed by atoms with Crippen molar-refractivity contribution in [2.24, 2.45) is 0 Å². The van der Waals surface area contributed by atoms with Crippen LogP contribution in [0.2, 0.25) is 0 Å². The van der Waals surface area contributed by atoms with Crippen LogP contribution in [0, 0.1) is 0 Å². The van der Waals surface area contributed by atoms with Crippen molar-refractivity contribution >= 4 is 11.9 Å². The van der Waals surface area contributed by atoms with Crippen LogP contribution >= 0.6 is 0 Å². The molecule has 2 rings (SSSR count). The van der Waals surface area contributed by atoms with Crippen LogP contribution in [0.5, 0.6) is 0 Å². The van der Waals surface area contributed by atoms with Gasteiger partial charge in [0.1, 0.15) is 11.7 Å². The van der Waals surface area contributed by atoms with E-state index in [1.165, 1.54) is 35.5 Å². The summed E-state index contributed by atoms with van der Waals surface area (Å²) in [6.07, 6.45) is 1.47. The molecular formula is C17H24O8. The lowest BCUT2D eigenvalue weighted by atomic mass is 9.79. The van der Waals surface area contributed by atoms with Gasteiger partial charge in [-0.15, -0.1) is 0 Å². The molecule has 8 nitrogen and oxygen atoms in total. The molecule has 0 aromatic heterocycles. The fourth-order valence-electron chi connectivity index (χ4n) is 3.12. The van der Waals surface area contributed by atoms with Crippen molar-refractivity contribution in [2.75, 3.05) is 42.2 Å². The number of ether oxygens (including phenoxy) is 6. The van der Waals surface area contributed by atoms with Crippen molar-refractivity contribution in [1.82, 2.24) is 0 Å². The van der Waals surface area contributed by atoms with Gasteiger partial charge in [-0.2, -0.15) is 0 Å². The third-order valence-electron chi connectivity index (χ3n) is 4.67. The Bertz CT molecular complexity index is 616. The first-order valence-corrected chi connectivity index (χ1v) is 7.72. The van der Waals surface area contributed by atoms with Crippen LogP contribution < -0.4 is 0 Å². The predicted octanol–water partition coefficient (Wildman–Crippen LogP) is 0.752. The van der Waals surface area contributed by atoms with Crippen LogP contribution in [0.4, 0.5) is 0 Å². The first kappa shape index (κ1) is 19.6. The summed E-state index contributed by atoms with van der Waals surface area (Å²) in [5, 5.41) is 0. The molecule has 1 aliphatic heterocycles. The van der Waals surface area contributed by atoms with E-state index in [9.17, 15) is 9.59 Å². The van der Waals surface area contributed by atoms with Crippen LogP contribution in [-0.4, -0.2) is 71.6 Å². The van der Waals surface area contributed by atoms with Crippen LogP contribution in [0.3, 0.4) is 0 Å². The van der Waals surface area contributed by atoms with Gasteiger partial charge in [-0.05, 0) is 13.0 Å². The molecule has 2 unspecified atom stereocenters. The van der Waals surface area contributed by atoms with E-state index in [1.807, 2.05) is 0 Å². The Morgan fingerprint density at radius 2 is 1.72 bits per heavy atom. The van der Waals surface area contributed by atoms with Crippen molar-refractivity contribution in [3.8, 4) is 0 Å². The zero-order chi connectivity index (χ0) is 18.8. The van der Waals surface area contributed by atoms with E-state index >= 15 is 0 Å². The monoisotopic (exact) mass is 356 g/mol. The van der Waals surface area contributed by atoms with Gasteiger partial charge in [0.2, 0.25) is 0 Å². The first-order chi connectivity index (χ1) is 11.8. The quantitative estimate of drug-likeness (QED) is 0.357. The number of fused-ring (bicyclic) bond motifs is 1. The molecule has 0 radical (unpaired) electrons. The Balaban J connectivity index is 2.56. The zero-order valence-corrected chi connectivity index (χ0v) is 15.3. The summed E-state index contributed by atoms with van der Waals surface area (Å²) in [6.45, 7) is 1.85. The molecule has 0 N–H and O–H groups in total. The minimum Gasteiger partial charge on any atom is -0.465 e. The molecule has 25 heavy (non-hydrogen) atoms. The lowest BCUT2D eigenvalue weighted by Gasteiger charge is -2.32. The number of epoxide rings is 1. The van der Waals surface area contributed by atoms with Gasteiger partial charge in [-0.3, -0.25) is 0 Å². The minimum absolute atomic E-state index is 0.0821. The normalized spacial score (nSPS) is 25.2. The molecule has 0 aromatic carbocycles. The topological polar surface area (TPSA) is 92.8 Å². The van der Waals surface area contributed by atoms with Gasteiger partial charge in [0.25, 0.3) is 0 Å². The summed E-state index contributed by atoms with van der Waals surface area (Å²) in [5.74, 6) is -2.24. The molecule has 8 heteroatoms. The predicted molar refractivity (Wildman–Crippen MR) is 85.7 cm³/mol. The average Bonchev–Trinajstić information content (AvgIpc) is 3.33. The molecule has 1 aliphatic carbocycles. The van der Waals surface area contributed by atoms with Gasteiger partial charge in [0.05, 0.1) is 32.0 Å². The van der Waals surface area contributed by atoms with Crippen LogP contribution in [0.25, 0.3) is 0 Å². The molecule has 1 fully saturated rings. The van der Waals surface area contributed by atoms with E-state index in [1.54, 1.807) is 13.0 Å². The number of carbonyl (C=O) groups excluding carboxylic acids is 2. The molecule has 0 saturated carbocycles. The fourth-order valence-corrected chi connectivity index (χ4v) is 3.12. The van der Waals surface area contributed by atoms with E-state index in [0.717, 1.165) is 0 Å². The minimum atomic E-state index is -0.939. The third kappa shape index (κ3) is 3.35. The third-order valence-corrected chi connectivity index (χ3v) is 4.67. The van der Waals surface area contributed by atoms with Crippen LogP contribution in [-0.2, 0) is 38.0 Å². The molecule has 0 spiro atoms. The molecule has 1 saturated heterocycles. The van der Waals surface area contributed by atoms with Crippen molar-refractivity contribution in [3.05, 3.63) is 22.8 Å². The molecular weight excluding hydrogens is 332 g/mol. The van der Waals surface area contributed by atoms with E-state index in [2.05, 4.69) is 0 Å². The molecule has 2 aliphatic rings. The Labute approximate surface area is 146 Å². The van der Waals surface area contributed by atoms with E-state index in [0.29, 0.717) is 12.0 Å². The SMILES string of the molecule is COCC1=C(C(=O)OC)C(C(=O)OC)=CC2OC12CC(C)(OC)OC. The lowest BCUT2D eigenvalue weighted by Crippen LogP contribution is -2.41. The number of esters is 2. The molecule has 0 aromatic rings. The summed E-state index contributed by atoms with van der Waals surface area (Å²) >= 11 is 0. The second-order valence-corrected chi connectivity index (χ2v) is 6.00. The smallest absolute Gasteiger partial charge is 0.338 e. The highest BCUT2D eigenvalue weighted by Gasteiger charge is 2.64. The Morgan fingerprint density at radius 3 is 2.20 bits per heavy atom. The maximum atomic E-state index is 12.4. The van der Waals surface area contributed by atoms with Crippen molar-refractivity contribution in [2.45, 2.75) is 30.8 Å². The largest absolute Gasteiger partial charge is 0.465 e. The van der Waals surface area contributed by atoms with Crippen molar-refractivity contribution in [1.29, 1.82) is 0 Å². The second-order valence-electron chi connectivity index (χ2n) is 6.00. The standard InChI is InChI=1S/C17H24O8/c1-16(23-5,24-6)9-17-11(8-20-2)13(15(19)22-4)10(14(18)21-3)7-12(17)25-17/h7,12H,8-9H2,1-6H3. The average molecular weight is 356 g/mol. The van der Waals surface area contributed by atoms with Crippen molar-refractivity contribution in [3.63, 3.8) is 0 Å². The van der Waals surface area contributed by atoms with Gasteiger partial charge >= 0.3 is 11.9 Å². The summed E-state index contributed by atoms with van der Waals surface area (Å²) in [5.41, 5.74) is -0.150. The molecule has 140 valence electrons. The van der Waals surface area contributed by atoms with Crippen LogP contribution in [0.15, 0.2) is 22.8 Å². The zero-order valence-electron chi connectivity index (χ0n) is 15.3.